The van der Waals surface area contributed by atoms with E-state index in [4.69, 9.17) is 18.9 Å². The second kappa shape index (κ2) is 15.3. The van der Waals surface area contributed by atoms with Gasteiger partial charge in [0.15, 0.2) is 0 Å². The van der Waals surface area contributed by atoms with Crippen LogP contribution in [0.1, 0.15) is 0 Å². The van der Waals surface area contributed by atoms with Crippen molar-refractivity contribution in [1.82, 2.24) is 0 Å². The Morgan fingerprint density at radius 1 is 0.625 bits per heavy atom. The van der Waals surface area contributed by atoms with Crippen LogP contribution in [0.25, 0.3) is 0 Å². The summed E-state index contributed by atoms with van der Waals surface area (Å²) in [5, 5.41) is 20.9. The molecule has 24 heavy (non-hydrogen) atoms. The Morgan fingerprint density at radius 3 is 1.25 bits per heavy atom. The number of aliphatic hydroxyl groups is 2. The first-order valence-corrected chi connectivity index (χ1v) is 7.80. The molecule has 0 bridgehead atoms. The zero-order valence-corrected chi connectivity index (χ0v) is 14.2. The predicted molar refractivity (Wildman–Crippen MR) is 93.9 cm³/mol. The Morgan fingerprint density at radius 2 is 0.958 bits per heavy atom. The van der Waals surface area contributed by atoms with Gasteiger partial charge in [0.2, 0.25) is 0 Å². The van der Waals surface area contributed by atoms with Crippen LogP contribution in [-0.4, -0.2) is 74.3 Å². The molecule has 0 saturated carbocycles. The van der Waals surface area contributed by atoms with Crippen LogP contribution < -0.4 is 0 Å². The lowest BCUT2D eigenvalue weighted by atomic mass is 10.0. The van der Waals surface area contributed by atoms with Crippen molar-refractivity contribution in [3.05, 3.63) is 50.6 Å². The minimum Gasteiger partial charge on any atom is -0.388 e. The van der Waals surface area contributed by atoms with Crippen molar-refractivity contribution in [2.45, 2.75) is 24.4 Å². The molecule has 0 rings (SSSR count). The molecule has 0 aromatic heterocycles. The fraction of sp³-hybridized carbons (Fsp3) is 0.556. The molecular formula is C18H30O6. The van der Waals surface area contributed by atoms with Gasteiger partial charge in [0.05, 0.1) is 39.6 Å². The molecule has 0 heterocycles. The average Bonchev–Trinajstić information content (AvgIpc) is 2.59. The molecule has 0 aliphatic rings. The van der Waals surface area contributed by atoms with Gasteiger partial charge in [-0.15, -0.1) is 26.3 Å². The van der Waals surface area contributed by atoms with E-state index >= 15 is 0 Å². The number of ether oxygens (including phenoxy) is 4. The third kappa shape index (κ3) is 9.77. The summed E-state index contributed by atoms with van der Waals surface area (Å²) in [5.74, 6) is 0. The topological polar surface area (TPSA) is 77.4 Å². The van der Waals surface area contributed by atoms with E-state index in [0.29, 0.717) is 13.2 Å². The van der Waals surface area contributed by atoms with E-state index in [-0.39, 0.29) is 26.4 Å². The summed E-state index contributed by atoms with van der Waals surface area (Å²) in [6.45, 7) is 15.5. The van der Waals surface area contributed by atoms with Gasteiger partial charge < -0.3 is 29.2 Å². The van der Waals surface area contributed by atoms with Crippen molar-refractivity contribution < 1.29 is 29.2 Å². The second-order valence-electron chi connectivity index (χ2n) is 4.95. The smallest absolute Gasteiger partial charge is 0.111 e. The van der Waals surface area contributed by atoms with Crippen molar-refractivity contribution in [1.29, 1.82) is 0 Å². The summed E-state index contributed by atoms with van der Waals surface area (Å²) < 4.78 is 21.6. The third-order valence-corrected chi connectivity index (χ3v) is 3.00. The first kappa shape index (κ1) is 22.7. The van der Waals surface area contributed by atoms with E-state index in [1.807, 2.05) is 0 Å². The quantitative estimate of drug-likeness (QED) is 0.306. The van der Waals surface area contributed by atoms with E-state index in [1.165, 1.54) is 0 Å². The Labute approximate surface area is 144 Å². The minimum atomic E-state index is -1.23. The zero-order valence-electron chi connectivity index (χ0n) is 14.2. The molecule has 0 fully saturated rings. The molecule has 2 N–H and O–H groups in total. The van der Waals surface area contributed by atoms with E-state index in [9.17, 15) is 10.2 Å². The summed E-state index contributed by atoms with van der Waals surface area (Å²) in [6.07, 6.45) is 2.35. The Bertz CT molecular complexity index is 323. The molecular weight excluding hydrogens is 312 g/mol. The highest BCUT2D eigenvalue weighted by Gasteiger charge is 2.33. The maximum atomic E-state index is 10.4. The van der Waals surface area contributed by atoms with Gasteiger partial charge in [-0.05, 0) is 0 Å². The Kier molecular flexibility index (Phi) is 14.4. The molecule has 6 heteroatoms. The van der Waals surface area contributed by atoms with Crippen molar-refractivity contribution in [2.24, 2.45) is 0 Å². The number of rotatable bonds is 17. The molecule has 0 aliphatic heterocycles. The highest BCUT2D eigenvalue weighted by molar-refractivity contribution is 4.85. The van der Waals surface area contributed by atoms with Gasteiger partial charge in [0, 0.05) is 0 Å². The molecule has 0 aromatic rings. The number of aliphatic hydroxyl groups excluding tert-OH is 2. The summed E-state index contributed by atoms with van der Waals surface area (Å²) in [4.78, 5) is 0. The second-order valence-corrected chi connectivity index (χ2v) is 4.95. The van der Waals surface area contributed by atoms with Crippen LogP contribution >= 0.6 is 0 Å². The van der Waals surface area contributed by atoms with Gasteiger partial charge in [0.1, 0.15) is 24.4 Å². The van der Waals surface area contributed by atoms with Crippen molar-refractivity contribution >= 4 is 0 Å². The summed E-state index contributed by atoms with van der Waals surface area (Å²) in [5.41, 5.74) is 0. The van der Waals surface area contributed by atoms with E-state index < -0.39 is 24.4 Å². The fourth-order valence-corrected chi connectivity index (χ4v) is 1.85. The lowest BCUT2D eigenvalue weighted by Crippen LogP contribution is -2.49. The molecule has 138 valence electrons. The summed E-state index contributed by atoms with van der Waals surface area (Å²) in [6, 6.07) is 0. The first-order valence-electron chi connectivity index (χ1n) is 7.80. The van der Waals surface area contributed by atoms with Crippen LogP contribution in [0.2, 0.25) is 0 Å². The summed E-state index contributed by atoms with van der Waals surface area (Å²) in [7, 11) is 0. The van der Waals surface area contributed by atoms with Gasteiger partial charge in [0.25, 0.3) is 0 Å². The van der Waals surface area contributed by atoms with Crippen LogP contribution in [0.5, 0.6) is 0 Å². The zero-order chi connectivity index (χ0) is 18.2. The third-order valence-electron chi connectivity index (χ3n) is 3.00. The normalized spacial score (nSPS) is 15.9. The van der Waals surface area contributed by atoms with Gasteiger partial charge >= 0.3 is 0 Å². The standard InChI is InChI=1S/C18H30O6/c1-5-9-21-13-15(23-11-7-3)17(19)18(20)16(24-12-8-4)14-22-10-6-2/h5-8,15-20H,1-4,9-14H2/t15-,16-,17-,18-/m1/s1. The van der Waals surface area contributed by atoms with Crippen molar-refractivity contribution in [2.75, 3.05) is 39.6 Å². The maximum absolute atomic E-state index is 10.4. The molecule has 0 aromatic carbocycles. The van der Waals surface area contributed by atoms with Crippen LogP contribution in [0.4, 0.5) is 0 Å². The lowest BCUT2D eigenvalue weighted by molar-refractivity contribution is -0.155. The van der Waals surface area contributed by atoms with Gasteiger partial charge in [-0.2, -0.15) is 0 Å². The lowest BCUT2D eigenvalue weighted by Gasteiger charge is -2.31. The van der Waals surface area contributed by atoms with Gasteiger partial charge in [-0.3, -0.25) is 0 Å². The van der Waals surface area contributed by atoms with Crippen molar-refractivity contribution in [3.8, 4) is 0 Å². The van der Waals surface area contributed by atoms with E-state index in [0.717, 1.165) is 0 Å². The van der Waals surface area contributed by atoms with Crippen LogP contribution in [0.15, 0.2) is 50.6 Å². The van der Waals surface area contributed by atoms with Crippen LogP contribution in [-0.2, 0) is 18.9 Å². The molecule has 0 unspecified atom stereocenters. The molecule has 0 spiro atoms. The first-order chi connectivity index (χ1) is 11.6. The molecule has 0 saturated heterocycles. The molecule has 0 aliphatic carbocycles. The summed E-state index contributed by atoms with van der Waals surface area (Å²) >= 11 is 0. The highest BCUT2D eigenvalue weighted by Crippen LogP contribution is 2.13. The molecule has 0 amide bonds. The number of hydrogen-bond donors (Lipinski definition) is 2. The SMILES string of the molecule is C=CCOC[C@@H](OCC=C)[C@@H](O)[C@H](O)[C@@H](COCC=C)OCC=C. The van der Waals surface area contributed by atoms with E-state index in [2.05, 4.69) is 26.3 Å². The monoisotopic (exact) mass is 342 g/mol. The molecule has 6 nitrogen and oxygen atoms in total. The maximum Gasteiger partial charge on any atom is 0.111 e. The fourth-order valence-electron chi connectivity index (χ4n) is 1.85. The predicted octanol–water partition coefficient (Wildman–Crippen LogP) is 1.26. The molecule has 0 radical (unpaired) electrons. The van der Waals surface area contributed by atoms with Crippen LogP contribution in [0, 0.1) is 0 Å². The highest BCUT2D eigenvalue weighted by atomic mass is 16.6. The van der Waals surface area contributed by atoms with Crippen LogP contribution in [0.3, 0.4) is 0 Å². The average molecular weight is 342 g/mol. The van der Waals surface area contributed by atoms with Crippen molar-refractivity contribution in [3.63, 3.8) is 0 Å². The largest absolute Gasteiger partial charge is 0.388 e. The Balaban J connectivity index is 4.81. The van der Waals surface area contributed by atoms with Gasteiger partial charge in [-0.25, -0.2) is 0 Å². The van der Waals surface area contributed by atoms with E-state index in [1.54, 1.807) is 24.3 Å². The minimum absolute atomic E-state index is 0.0970. The Hall–Kier alpha value is -1.28. The van der Waals surface area contributed by atoms with Gasteiger partial charge in [-0.1, -0.05) is 24.3 Å². The number of hydrogen-bond acceptors (Lipinski definition) is 6. The molecule has 4 atom stereocenters.